The third-order valence-electron chi connectivity index (χ3n) is 5.05. The Bertz CT molecular complexity index is 1220. The maximum absolute atomic E-state index is 5.65. The molecule has 34 heavy (non-hydrogen) atoms. The molecule has 176 valence electrons. The standard InChI is InChI=1S/C24H26N6O3S/c1-16-11-12-17(25-15-16)13-14-34-29-24-28-27-23(18-7-5-10-21(26-18)33-4)30(24)22-19(31-2)8-6-9-20(22)32-3/h5-12,15H,13-14H2,1-4H3,(H,28,29). The third kappa shape index (κ3) is 5.07. The summed E-state index contributed by atoms with van der Waals surface area (Å²) in [4.78, 5) is 9.01. The number of aromatic nitrogens is 5. The monoisotopic (exact) mass is 478 g/mol. The average molecular weight is 479 g/mol. The van der Waals surface area contributed by atoms with Crippen molar-refractivity contribution < 1.29 is 14.2 Å². The molecule has 0 spiro atoms. The quantitative estimate of drug-likeness (QED) is 0.263. The molecule has 0 saturated heterocycles. The highest BCUT2D eigenvalue weighted by Crippen LogP contribution is 2.37. The maximum atomic E-state index is 5.65. The van der Waals surface area contributed by atoms with Gasteiger partial charge in [0.1, 0.15) is 22.9 Å². The molecule has 0 amide bonds. The molecular weight excluding hydrogens is 452 g/mol. The fourth-order valence-corrected chi connectivity index (χ4v) is 4.03. The van der Waals surface area contributed by atoms with Crippen molar-refractivity contribution in [1.82, 2.24) is 24.7 Å². The normalized spacial score (nSPS) is 10.7. The van der Waals surface area contributed by atoms with Gasteiger partial charge in [0.05, 0.1) is 21.3 Å². The highest BCUT2D eigenvalue weighted by molar-refractivity contribution is 8.00. The van der Waals surface area contributed by atoms with Crippen LogP contribution in [-0.2, 0) is 6.42 Å². The summed E-state index contributed by atoms with van der Waals surface area (Å²) in [5.74, 6) is 3.53. The van der Waals surface area contributed by atoms with Crippen LogP contribution in [0.4, 0.5) is 5.95 Å². The number of aryl methyl sites for hydroxylation is 2. The summed E-state index contributed by atoms with van der Waals surface area (Å²) >= 11 is 1.52. The van der Waals surface area contributed by atoms with Crippen LogP contribution in [0.2, 0.25) is 0 Å². The fourth-order valence-electron chi connectivity index (χ4n) is 3.35. The van der Waals surface area contributed by atoms with Gasteiger partial charge in [0.2, 0.25) is 11.8 Å². The number of pyridine rings is 2. The number of nitrogens with one attached hydrogen (secondary N) is 1. The molecule has 0 aliphatic rings. The van der Waals surface area contributed by atoms with Gasteiger partial charge in [-0.25, -0.2) is 4.98 Å². The van der Waals surface area contributed by atoms with Crippen LogP contribution in [-0.4, -0.2) is 51.8 Å². The lowest BCUT2D eigenvalue weighted by atomic mass is 10.2. The Morgan fingerprint density at radius 3 is 2.35 bits per heavy atom. The number of hydrogen-bond donors (Lipinski definition) is 1. The van der Waals surface area contributed by atoms with Crippen molar-refractivity contribution in [1.29, 1.82) is 0 Å². The summed E-state index contributed by atoms with van der Waals surface area (Å²) in [6, 6.07) is 15.2. The molecule has 0 aliphatic carbocycles. The van der Waals surface area contributed by atoms with Gasteiger partial charge in [-0.3, -0.25) is 14.3 Å². The number of anilines is 1. The molecule has 0 bridgehead atoms. The van der Waals surface area contributed by atoms with Gasteiger partial charge in [-0.1, -0.05) is 18.2 Å². The molecule has 0 atom stereocenters. The molecular formula is C24H26N6O3S. The minimum absolute atomic E-state index is 0.480. The van der Waals surface area contributed by atoms with Crippen molar-refractivity contribution in [2.75, 3.05) is 31.8 Å². The Morgan fingerprint density at radius 2 is 1.68 bits per heavy atom. The van der Waals surface area contributed by atoms with Crippen LogP contribution in [0.25, 0.3) is 17.2 Å². The van der Waals surface area contributed by atoms with Gasteiger partial charge in [-0.15, -0.1) is 10.2 Å². The van der Waals surface area contributed by atoms with E-state index in [9.17, 15) is 0 Å². The zero-order chi connectivity index (χ0) is 23.9. The van der Waals surface area contributed by atoms with Crippen molar-refractivity contribution in [2.45, 2.75) is 13.3 Å². The number of para-hydroxylation sites is 1. The largest absolute Gasteiger partial charge is 0.494 e. The van der Waals surface area contributed by atoms with Crippen molar-refractivity contribution in [3.63, 3.8) is 0 Å². The number of methoxy groups -OCH3 is 3. The van der Waals surface area contributed by atoms with E-state index in [1.165, 1.54) is 11.9 Å². The predicted molar refractivity (Wildman–Crippen MR) is 133 cm³/mol. The van der Waals surface area contributed by atoms with Gasteiger partial charge in [0.25, 0.3) is 0 Å². The van der Waals surface area contributed by atoms with Crippen LogP contribution in [0.1, 0.15) is 11.3 Å². The second-order valence-electron chi connectivity index (χ2n) is 7.29. The lowest BCUT2D eigenvalue weighted by Crippen LogP contribution is -2.07. The van der Waals surface area contributed by atoms with E-state index in [0.29, 0.717) is 40.5 Å². The second kappa shape index (κ2) is 10.9. The lowest BCUT2D eigenvalue weighted by Gasteiger charge is -2.17. The fraction of sp³-hybridized carbons (Fsp3) is 0.250. The van der Waals surface area contributed by atoms with Gasteiger partial charge < -0.3 is 14.2 Å². The highest BCUT2D eigenvalue weighted by atomic mass is 32.2. The SMILES string of the molecule is COc1cccc(-c2nnc(NSCCc3ccc(C)cn3)n2-c2c(OC)cccc2OC)n1. The number of nitrogens with zero attached hydrogens (tertiary/aromatic N) is 5. The molecule has 0 saturated carbocycles. The average Bonchev–Trinajstić information content (AvgIpc) is 3.30. The van der Waals surface area contributed by atoms with Crippen molar-refractivity contribution in [3.05, 3.63) is 66.0 Å². The molecule has 1 N–H and O–H groups in total. The zero-order valence-corrected chi connectivity index (χ0v) is 20.3. The summed E-state index contributed by atoms with van der Waals surface area (Å²) in [5.41, 5.74) is 3.45. The first-order chi connectivity index (χ1) is 16.6. The van der Waals surface area contributed by atoms with E-state index >= 15 is 0 Å². The van der Waals surface area contributed by atoms with Crippen molar-refractivity contribution in [3.8, 4) is 34.6 Å². The smallest absolute Gasteiger partial charge is 0.239 e. The predicted octanol–water partition coefficient (Wildman–Crippen LogP) is 4.36. The van der Waals surface area contributed by atoms with Crippen LogP contribution in [0.5, 0.6) is 17.4 Å². The Labute approximate surface area is 202 Å². The van der Waals surface area contributed by atoms with Gasteiger partial charge in [-0.2, -0.15) is 0 Å². The van der Waals surface area contributed by atoms with E-state index in [1.54, 1.807) is 27.4 Å². The third-order valence-corrected chi connectivity index (χ3v) is 5.78. The molecule has 3 aromatic heterocycles. The van der Waals surface area contributed by atoms with Gasteiger partial charge in [0, 0.05) is 30.1 Å². The van der Waals surface area contributed by atoms with Crippen LogP contribution in [0, 0.1) is 6.92 Å². The van der Waals surface area contributed by atoms with Gasteiger partial charge >= 0.3 is 0 Å². The first-order valence-electron chi connectivity index (χ1n) is 10.6. The van der Waals surface area contributed by atoms with E-state index in [-0.39, 0.29) is 0 Å². The molecule has 0 aliphatic heterocycles. The second-order valence-corrected chi connectivity index (χ2v) is 8.19. The van der Waals surface area contributed by atoms with E-state index < -0.39 is 0 Å². The van der Waals surface area contributed by atoms with Gasteiger partial charge in [0.15, 0.2) is 5.82 Å². The van der Waals surface area contributed by atoms with Crippen LogP contribution >= 0.6 is 11.9 Å². The van der Waals surface area contributed by atoms with Crippen molar-refractivity contribution in [2.24, 2.45) is 0 Å². The number of rotatable bonds is 10. The van der Waals surface area contributed by atoms with E-state index in [1.807, 2.05) is 54.1 Å². The molecule has 9 nitrogen and oxygen atoms in total. The highest BCUT2D eigenvalue weighted by Gasteiger charge is 2.23. The maximum Gasteiger partial charge on any atom is 0.239 e. The Kier molecular flexibility index (Phi) is 7.48. The van der Waals surface area contributed by atoms with Crippen LogP contribution in [0.3, 0.4) is 0 Å². The van der Waals surface area contributed by atoms with Crippen LogP contribution < -0.4 is 18.9 Å². The Hall–Kier alpha value is -3.79. The van der Waals surface area contributed by atoms with E-state index in [4.69, 9.17) is 14.2 Å². The molecule has 3 heterocycles. The summed E-state index contributed by atoms with van der Waals surface area (Å²) in [6.45, 7) is 2.03. The minimum Gasteiger partial charge on any atom is -0.494 e. The summed E-state index contributed by atoms with van der Waals surface area (Å²) in [6.07, 6.45) is 2.69. The van der Waals surface area contributed by atoms with Crippen molar-refractivity contribution >= 4 is 17.9 Å². The molecule has 4 rings (SSSR count). The molecule has 0 fully saturated rings. The molecule has 0 radical (unpaired) electrons. The minimum atomic E-state index is 0.480. The Balaban J connectivity index is 1.68. The van der Waals surface area contributed by atoms with E-state index in [2.05, 4.69) is 31.0 Å². The summed E-state index contributed by atoms with van der Waals surface area (Å²) < 4.78 is 21.8. The molecule has 10 heteroatoms. The first kappa shape index (κ1) is 23.4. The molecule has 4 aromatic rings. The first-order valence-corrected chi connectivity index (χ1v) is 11.6. The Morgan fingerprint density at radius 1 is 0.912 bits per heavy atom. The van der Waals surface area contributed by atoms with E-state index in [0.717, 1.165) is 23.4 Å². The number of ether oxygens (including phenoxy) is 3. The number of hydrogen-bond acceptors (Lipinski definition) is 9. The lowest BCUT2D eigenvalue weighted by molar-refractivity contribution is 0.391. The molecule has 0 unspecified atom stereocenters. The topological polar surface area (TPSA) is 96.2 Å². The summed E-state index contributed by atoms with van der Waals surface area (Å²) in [5, 5.41) is 8.84. The summed E-state index contributed by atoms with van der Waals surface area (Å²) in [7, 11) is 4.80. The van der Waals surface area contributed by atoms with Crippen LogP contribution in [0.15, 0.2) is 54.7 Å². The molecule has 1 aromatic carbocycles. The van der Waals surface area contributed by atoms with Gasteiger partial charge in [-0.05, 0) is 48.7 Å². The zero-order valence-electron chi connectivity index (χ0n) is 19.5. The number of benzene rings is 1.